The van der Waals surface area contributed by atoms with Crippen molar-refractivity contribution in [2.75, 3.05) is 13.1 Å². The van der Waals surface area contributed by atoms with Gasteiger partial charge >= 0.3 is 12.1 Å². The van der Waals surface area contributed by atoms with E-state index in [1.165, 1.54) is 17.1 Å². The van der Waals surface area contributed by atoms with Crippen molar-refractivity contribution >= 4 is 12.1 Å². The standard InChI is InChI=1S/C16H21FN2O4/c1-16(2,3)23-15(22)18-19-8-12(13(9-19)14(20)21)10-5-4-6-11(17)7-10/h4-7,12-13H,8-9H2,1-3H3,(H,18,22)(H,20,21)/t12-,13+/m0/s1. The number of aliphatic carboxylic acids is 1. The normalized spacial score (nSPS) is 21.9. The maximum absolute atomic E-state index is 13.4. The molecule has 1 fully saturated rings. The third-order valence-electron chi connectivity index (χ3n) is 3.56. The summed E-state index contributed by atoms with van der Waals surface area (Å²) < 4.78 is 18.5. The van der Waals surface area contributed by atoms with Crippen molar-refractivity contribution in [1.29, 1.82) is 0 Å². The predicted octanol–water partition coefficient (Wildman–Crippen LogP) is 2.37. The molecule has 0 aromatic heterocycles. The van der Waals surface area contributed by atoms with Crippen LogP contribution in [0.3, 0.4) is 0 Å². The number of carboxylic acid groups (broad SMARTS) is 1. The van der Waals surface area contributed by atoms with E-state index >= 15 is 0 Å². The number of rotatable bonds is 3. The van der Waals surface area contributed by atoms with Gasteiger partial charge in [0.25, 0.3) is 0 Å². The molecule has 1 amide bonds. The fourth-order valence-electron chi connectivity index (χ4n) is 2.65. The largest absolute Gasteiger partial charge is 0.481 e. The molecule has 7 heteroatoms. The molecule has 0 unspecified atom stereocenters. The molecule has 0 aliphatic carbocycles. The summed E-state index contributed by atoms with van der Waals surface area (Å²) in [5.74, 6) is -2.53. The molecule has 1 aromatic rings. The Bertz CT molecular complexity index is 600. The van der Waals surface area contributed by atoms with Crippen LogP contribution >= 0.6 is 0 Å². The van der Waals surface area contributed by atoms with Crippen molar-refractivity contribution < 1.29 is 23.8 Å². The highest BCUT2D eigenvalue weighted by atomic mass is 19.1. The smallest absolute Gasteiger partial charge is 0.422 e. The first kappa shape index (κ1) is 17.2. The average Bonchev–Trinajstić information content (AvgIpc) is 2.80. The maximum Gasteiger partial charge on any atom is 0.422 e. The highest BCUT2D eigenvalue weighted by Gasteiger charge is 2.39. The van der Waals surface area contributed by atoms with Crippen LogP contribution in [0.1, 0.15) is 32.3 Å². The first-order valence-electron chi connectivity index (χ1n) is 7.38. The van der Waals surface area contributed by atoms with Crippen molar-refractivity contribution in [3.8, 4) is 0 Å². The number of hydrogen-bond acceptors (Lipinski definition) is 4. The predicted molar refractivity (Wildman–Crippen MR) is 81.2 cm³/mol. The fraction of sp³-hybridized carbons (Fsp3) is 0.500. The van der Waals surface area contributed by atoms with E-state index in [4.69, 9.17) is 4.74 Å². The summed E-state index contributed by atoms with van der Waals surface area (Å²) in [6, 6.07) is 5.89. The van der Waals surface area contributed by atoms with Gasteiger partial charge in [0.15, 0.2) is 0 Å². The summed E-state index contributed by atoms with van der Waals surface area (Å²) in [5, 5.41) is 10.9. The number of carboxylic acids is 1. The average molecular weight is 324 g/mol. The second-order valence-corrected chi connectivity index (χ2v) is 6.62. The number of benzene rings is 1. The third-order valence-corrected chi connectivity index (χ3v) is 3.56. The molecule has 2 N–H and O–H groups in total. The Morgan fingerprint density at radius 3 is 2.61 bits per heavy atom. The SMILES string of the molecule is CC(C)(C)OC(=O)NN1C[C@@H](C(=O)O)[C@H](c2cccc(F)c2)C1. The van der Waals surface area contributed by atoms with E-state index in [0.717, 1.165) is 0 Å². The number of hydrazine groups is 1. The highest BCUT2D eigenvalue weighted by Crippen LogP contribution is 2.32. The van der Waals surface area contributed by atoms with Gasteiger partial charge in [-0.3, -0.25) is 10.2 Å². The van der Waals surface area contributed by atoms with Crippen molar-refractivity contribution in [3.05, 3.63) is 35.6 Å². The number of nitrogens with one attached hydrogen (secondary N) is 1. The number of hydrogen-bond donors (Lipinski definition) is 2. The molecule has 23 heavy (non-hydrogen) atoms. The summed E-state index contributed by atoms with van der Waals surface area (Å²) in [4.78, 5) is 23.3. The first-order valence-corrected chi connectivity index (χ1v) is 7.38. The summed E-state index contributed by atoms with van der Waals surface area (Å²) in [5.41, 5.74) is 2.51. The first-order chi connectivity index (χ1) is 10.7. The molecule has 1 aliphatic heterocycles. The zero-order valence-corrected chi connectivity index (χ0v) is 13.4. The molecule has 1 aromatic carbocycles. The molecule has 126 valence electrons. The van der Waals surface area contributed by atoms with Gasteiger partial charge in [-0.25, -0.2) is 14.2 Å². The molecule has 2 atom stereocenters. The van der Waals surface area contributed by atoms with Gasteiger partial charge in [0.2, 0.25) is 0 Å². The molecule has 1 aliphatic rings. The van der Waals surface area contributed by atoms with Crippen LogP contribution in [0.15, 0.2) is 24.3 Å². The van der Waals surface area contributed by atoms with Crippen LogP contribution in [-0.4, -0.2) is 40.9 Å². The third kappa shape index (κ3) is 4.66. The molecule has 1 heterocycles. The van der Waals surface area contributed by atoms with Gasteiger partial charge in [-0.2, -0.15) is 0 Å². The van der Waals surface area contributed by atoms with Crippen LogP contribution in [0, 0.1) is 11.7 Å². The molecular weight excluding hydrogens is 303 g/mol. The van der Waals surface area contributed by atoms with E-state index in [2.05, 4.69) is 5.43 Å². The Hall–Kier alpha value is -2.15. The van der Waals surface area contributed by atoms with Crippen LogP contribution in [-0.2, 0) is 9.53 Å². The van der Waals surface area contributed by atoms with Gasteiger partial charge < -0.3 is 9.84 Å². The summed E-state index contributed by atoms with van der Waals surface area (Å²) in [6.45, 7) is 5.64. The van der Waals surface area contributed by atoms with E-state index in [1.54, 1.807) is 32.9 Å². The quantitative estimate of drug-likeness (QED) is 0.892. The lowest BCUT2D eigenvalue weighted by Gasteiger charge is -2.23. The minimum atomic E-state index is -0.979. The molecule has 2 rings (SSSR count). The second-order valence-electron chi connectivity index (χ2n) is 6.62. The van der Waals surface area contributed by atoms with E-state index in [0.29, 0.717) is 5.56 Å². The monoisotopic (exact) mass is 324 g/mol. The Balaban J connectivity index is 2.09. The van der Waals surface area contributed by atoms with Crippen LogP contribution in [0.25, 0.3) is 0 Å². The lowest BCUT2D eigenvalue weighted by Crippen LogP contribution is -2.43. The van der Waals surface area contributed by atoms with Crippen molar-refractivity contribution in [2.45, 2.75) is 32.3 Å². The second kappa shape index (κ2) is 6.54. The number of nitrogens with zero attached hydrogens (tertiary/aromatic N) is 1. The number of amides is 1. The number of ether oxygens (including phenoxy) is 1. The molecule has 0 spiro atoms. The van der Waals surface area contributed by atoms with Crippen molar-refractivity contribution in [2.24, 2.45) is 5.92 Å². The Labute approximate surface area is 134 Å². The molecule has 0 bridgehead atoms. The van der Waals surface area contributed by atoms with Gasteiger partial charge in [0.05, 0.1) is 5.92 Å². The summed E-state index contributed by atoms with van der Waals surface area (Å²) in [7, 11) is 0. The van der Waals surface area contributed by atoms with Crippen LogP contribution < -0.4 is 5.43 Å². The van der Waals surface area contributed by atoms with Crippen LogP contribution in [0.5, 0.6) is 0 Å². The van der Waals surface area contributed by atoms with E-state index in [9.17, 15) is 19.1 Å². The zero-order valence-electron chi connectivity index (χ0n) is 13.4. The number of carbonyl (C=O) groups excluding carboxylic acids is 1. The van der Waals surface area contributed by atoms with Gasteiger partial charge in [-0.1, -0.05) is 12.1 Å². The highest BCUT2D eigenvalue weighted by molar-refractivity contribution is 5.73. The van der Waals surface area contributed by atoms with Crippen molar-refractivity contribution in [1.82, 2.24) is 10.4 Å². The minimum Gasteiger partial charge on any atom is -0.481 e. The topological polar surface area (TPSA) is 78.9 Å². The molecule has 0 radical (unpaired) electrons. The van der Waals surface area contributed by atoms with E-state index < -0.39 is 35.3 Å². The van der Waals surface area contributed by atoms with Gasteiger partial charge in [0, 0.05) is 19.0 Å². The van der Waals surface area contributed by atoms with Crippen molar-refractivity contribution in [3.63, 3.8) is 0 Å². The summed E-state index contributed by atoms with van der Waals surface area (Å²) in [6.07, 6.45) is -0.637. The Morgan fingerprint density at radius 2 is 2.04 bits per heavy atom. The fourth-order valence-corrected chi connectivity index (χ4v) is 2.65. The van der Waals surface area contributed by atoms with Gasteiger partial charge in [0.1, 0.15) is 11.4 Å². The van der Waals surface area contributed by atoms with E-state index in [-0.39, 0.29) is 13.1 Å². The Morgan fingerprint density at radius 1 is 1.35 bits per heavy atom. The lowest BCUT2D eigenvalue weighted by molar-refractivity contribution is -0.141. The molecule has 0 saturated carbocycles. The van der Waals surface area contributed by atoms with Crippen LogP contribution in [0.2, 0.25) is 0 Å². The minimum absolute atomic E-state index is 0.135. The lowest BCUT2D eigenvalue weighted by atomic mass is 9.89. The van der Waals surface area contributed by atoms with E-state index in [1.807, 2.05) is 0 Å². The Kier molecular flexibility index (Phi) is 4.89. The maximum atomic E-state index is 13.4. The van der Waals surface area contributed by atoms with Gasteiger partial charge in [-0.15, -0.1) is 0 Å². The van der Waals surface area contributed by atoms with Crippen LogP contribution in [0.4, 0.5) is 9.18 Å². The number of carbonyl (C=O) groups is 2. The number of halogens is 1. The summed E-state index contributed by atoms with van der Waals surface area (Å²) >= 11 is 0. The molecular formula is C16H21FN2O4. The molecule has 1 saturated heterocycles. The zero-order chi connectivity index (χ0) is 17.2. The molecule has 6 nitrogen and oxygen atoms in total. The van der Waals surface area contributed by atoms with Gasteiger partial charge in [-0.05, 0) is 38.5 Å².